The van der Waals surface area contributed by atoms with Crippen LogP contribution < -0.4 is 10.1 Å². The number of hydrogen-bond donors (Lipinski definition) is 1. The summed E-state index contributed by atoms with van der Waals surface area (Å²) >= 11 is 0. The molecule has 2 fully saturated rings. The van der Waals surface area contributed by atoms with Crippen LogP contribution >= 0.6 is 0 Å². The quantitative estimate of drug-likeness (QED) is 0.870. The van der Waals surface area contributed by atoms with Crippen LogP contribution in [0.15, 0.2) is 24.3 Å². The summed E-state index contributed by atoms with van der Waals surface area (Å²) in [7, 11) is 1.61. The predicted molar refractivity (Wildman–Crippen MR) is 86.1 cm³/mol. The second kappa shape index (κ2) is 6.29. The number of methoxy groups -OCH3 is 1. The molecule has 0 bridgehead atoms. The number of nitrogens with one attached hydrogen (secondary N) is 1. The van der Waals surface area contributed by atoms with E-state index in [-0.39, 0.29) is 5.91 Å². The largest absolute Gasteiger partial charge is 0.490 e. The van der Waals surface area contributed by atoms with Crippen molar-refractivity contribution in [3.05, 3.63) is 24.3 Å². The first kappa shape index (κ1) is 15.3. The minimum Gasteiger partial charge on any atom is -0.490 e. The third-order valence-corrected chi connectivity index (χ3v) is 4.95. The molecule has 0 spiro atoms. The van der Waals surface area contributed by atoms with Gasteiger partial charge in [0, 0.05) is 12.8 Å². The molecule has 1 N–H and O–H groups in total. The molecule has 3 rings (SSSR count). The average Bonchev–Trinajstić information content (AvgIpc) is 3.27. The zero-order valence-electron chi connectivity index (χ0n) is 13.4. The summed E-state index contributed by atoms with van der Waals surface area (Å²) < 4.78 is 11.4. The van der Waals surface area contributed by atoms with Crippen LogP contribution in [-0.4, -0.2) is 24.7 Å². The van der Waals surface area contributed by atoms with Crippen LogP contribution in [0.4, 0.5) is 5.69 Å². The van der Waals surface area contributed by atoms with Crippen molar-refractivity contribution in [2.45, 2.75) is 57.2 Å². The maximum Gasteiger partial charge on any atom is 0.256 e. The van der Waals surface area contributed by atoms with Gasteiger partial charge in [0.25, 0.3) is 5.91 Å². The third kappa shape index (κ3) is 3.27. The van der Waals surface area contributed by atoms with E-state index in [1.165, 1.54) is 12.8 Å². The smallest absolute Gasteiger partial charge is 0.256 e. The molecule has 0 radical (unpaired) electrons. The summed E-state index contributed by atoms with van der Waals surface area (Å²) in [6, 6.07) is 7.64. The van der Waals surface area contributed by atoms with Gasteiger partial charge < -0.3 is 14.8 Å². The highest BCUT2D eigenvalue weighted by Crippen LogP contribution is 2.42. The number of rotatable bonds is 6. The molecule has 1 aromatic carbocycles. The van der Waals surface area contributed by atoms with Gasteiger partial charge in [-0.2, -0.15) is 0 Å². The lowest BCUT2D eigenvalue weighted by Gasteiger charge is -2.26. The van der Waals surface area contributed by atoms with E-state index in [9.17, 15) is 4.79 Å². The zero-order chi connectivity index (χ0) is 15.6. The number of carbonyl (C=O) groups is 1. The molecule has 0 saturated heterocycles. The fraction of sp³-hybridized carbons (Fsp3) is 0.611. The molecule has 2 aliphatic rings. The van der Waals surface area contributed by atoms with Gasteiger partial charge >= 0.3 is 0 Å². The molecule has 4 nitrogen and oxygen atoms in total. The van der Waals surface area contributed by atoms with Crippen molar-refractivity contribution in [1.29, 1.82) is 0 Å². The van der Waals surface area contributed by atoms with Gasteiger partial charge in [-0.15, -0.1) is 0 Å². The van der Waals surface area contributed by atoms with Gasteiger partial charge in [-0.05, 0) is 75.6 Å². The number of amides is 1. The van der Waals surface area contributed by atoms with E-state index >= 15 is 0 Å². The van der Waals surface area contributed by atoms with Gasteiger partial charge in [0.1, 0.15) is 11.4 Å². The number of anilines is 1. The predicted octanol–water partition coefficient (Wildman–Crippen LogP) is 3.76. The second-order valence-corrected chi connectivity index (χ2v) is 6.59. The van der Waals surface area contributed by atoms with E-state index < -0.39 is 5.60 Å². The van der Waals surface area contributed by atoms with E-state index in [1.54, 1.807) is 7.11 Å². The minimum absolute atomic E-state index is 0.0676. The summed E-state index contributed by atoms with van der Waals surface area (Å²) in [4.78, 5) is 12.4. The zero-order valence-corrected chi connectivity index (χ0v) is 13.4. The summed E-state index contributed by atoms with van der Waals surface area (Å²) in [5, 5.41) is 2.96. The van der Waals surface area contributed by atoms with E-state index in [0.29, 0.717) is 12.0 Å². The molecule has 1 atom stereocenters. The van der Waals surface area contributed by atoms with Gasteiger partial charge in [-0.1, -0.05) is 0 Å². The lowest BCUT2D eigenvalue weighted by atomic mass is 9.99. The van der Waals surface area contributed by atoms with Gasteiger partial charge in [0.2, 0.25) is 0 Å². The van der Waals surface area contributed by atoms with E-state index in [4.69, 9.17) is 9.47 Å². The van der Waals surface area contributed by atoms with E-state index in [0.717, 1.165) is 37.1 Å². The Balaban J connectivity index is 1.59. The Hall–Kier alpha value is -1.55. The van der Waals surface area contributed by atoms with E-state index in [2.05, 4.69) is 5.32 Å². The van der Waals surface area contributed by atoms with E-state index in [1.807, 2.05) is 31.2 Å². The Morgan fingerprint density at radius 3 is 2.32 bits per heavy atom. The van der Waals surface area contributed by atoms with Crippen molar-refractivity contribution in [3.8, 4) is 5.75 Å². The number of hydrogen-bond acceptors (Lipinski definition) is 3. The van der Waals surface area contributed by atoms with Gasteiger partial charge in [0.05, 0.1) is 6.10 Å². The van der Waals surface area contributed by atoms with Crippen LogP contribution in [0, 0.1) is 5.92 Å². The summed E-state index contributed by atoms with van der Waals surface area (Å²) in [6.07, 6.45) is 7.29. The van der Waals surface area contributed by atoms with Crippen LogP contribution in [0.25, 0.3) is 0 Å². The maximum atomic E-state index is 12.4. The van der Waals surface area contributed by atoms with Gasteiger partial charge in [-0.25, -0.2) is 0 Å². The molecule has 1 aromatic rings. The Morgan fingerprint density at radius 1 is 1.14 bits per heavy atom. The Kier molecular flexibility index (Phi) is 4.39. The summed E-state index contributed by atoms with van der Waals surface area (Å²) in [6.45, 7) is 1.87. The first-order valence-electron chi connectivity index (χ1n) is 8.25. The van der Waals surface area contributed by atoms with Crippen molar-refractivity contribution in [2.75, 3.05) is 12.4 Å². The monoisotopic (exact) mass is 303 g/mol. The number of benzene rings is 1. The van der Waals surface area contributed by atoms with Crippen molar-refractivity contribution in [3.63, 3.8) is 0 Å². The average molecular weight is 303 g/mol. The maximum absolute atomic E-state index is 12.4. The topological polar surface area (TPSA) is 47.6 Å². The molecule has 0 aliphatic heterocycles. The van der Waals surface area contributed by atoms with Crippen LogP contribution in [0.3, 0.4) is 0 Å². The molecule has 1 amide bonds. The summed E-state index contributed by atoms with van der Waals surface area (Å²) in [5.41, 5.74) is 0.0617. The highest BCUT2D eigenvalue weighted by atomic mass is 16.5. The van der Waals surface area contributed by atoms with Crippen LogP contribution in [-0.2, 0) is 9.53 Å². The molecule has 0 unspecified atom stereocenters. The molecular formula is C18H25NO3. The molecule has 2 saturated carbocycles. The Morgan fingerprint density at radius 2 is 1.77 bits per heavy atom. The lowest BCUT2D eigenvalue weighted by molar-refractivity contribution is -0.138. The van der Waals surface area contributed by atoms with Crippen molar-refractivity contribution >= 4 is 11.6 Å². The highest BCUT2D eigenvalue weighted by Gasteiger charge is 2.47. The molecule has 22 heavy (non-hydrogen) atoms. The van der Waals surface area contributed by atoms with Crippen LogP contribution in [0.2, 0.25) is 0 Å². The first-order valence-corrected chi connectivity index (χ1v) is 8.25. The Bertz CT molecular complexity index is 518. The summed E-state index contributed by atoms with van der Waals surface area (Å²) in [5.74, 6) is 1.14. The van der Waals surface area contributed by atoms with Crippen LogP contribution in [0.5, 0.6) is 5.75 Å². The third-order valence-electron chi connectivity index (χ3n) is 4.95. The number of carbonyl (C=O) groups excluding carboxylic acids is 1. The molecule has 0 aromatic heterocycles. The highest BCUT2D eigenvalue weighted by molar-refractivity contribution is 5.97. The number of ether oxygens (including phenoxy) is 2. The molecule has 0 heterocycles. The van der Waals surface area contributed by atoms with Gasteiger partial charge in [0.15, 0.2) is 0 Å². The molecule has 2 aliphatic carbocycles. The second-order valence-electron chi connectivity index (χ2n) is 6.59. The van der Waals surface area contributed by atoms with Gasteiger partial charge in [-0.3, -0.25) is 4.79 Å². The fourth-order valence-corrected chi connectivity index (χ4v) is 3.15. The SMILES string of the molecule is CO[C@@](C)(C(=O)Nc1ccc(OC2CCCC2)cc1)C1CC1. The lowest BCUT2D eigenvalue weighted by Crippen LogP contribution is -2.44. The van der Waals surface area contributed by atoms with Crippen molar-refractivity contribution in [2.24, 2.45) is 5.92 Å². The van der Waals surface area contributed by atoms with Crippen molar-refractivity contribution in [1.82, 2.24) is 0 Å². The first-order chi connectivity index (χ1) is 10.6. The molecular weight excluding hydrogens is 278 g/mol. The Labute approximate surface area is 132 Å². The normalized spacial score (nSPS) is 21.4. The minimum atomic E-state index is -0.723. The molecule has 120 valence electrons. The fourth-order valence-electron chi connectivity index (χ4n) is 3.15. The standard InChI is InChI=1S/C18H25NO3/c1-18(21-2,13-7-8-13)17(20)19-14-9-11-16(12-10-14)22-15-5-3-4-6-15/h9-13,15H,3-8H2,1-2H3,(H,19,20)/t18-/m1/s1. The van der Waals surface area contributed by atoms with Crippen molar-refractivity contribution < 1.29 is 14.3 Å². The molecule has 4 heteroatoms. The van der Waals surface area contributed by atoms with Crippen LogP contribution in [0.1, 0.15) is 45.4 Å².